The van der Waals surface area contributed by atoms with Crippen molar-refractivity contribution in [2.24, 2.45) is 5.73 Å². The molecule has 1 fully saturated rings. The van der Waals surface area contributed by atoms with Gasteiger partial charge in [0.2, 0.25) is 0 Å². The van der Waals surface area contributed by atoms with Gasteiger partial charge in [-0.1, -0.05) is 12.1 Å². The van der Waals surface area contributed by atoms with Crippen molar-refractivity contribution in [3.63, 3.8) is 0 Å². The SMILES string of the molecule is Cc1ncc(-c2ccc(S(=O)(=O)C(C)C)cc2)nc1-c1nnc(C(=O)N2CCC(N)C2)o1. The average Bonchev–Trinajstić information content (AvgIpc) is 3.43. The third-order valence-corrected chi connectivity index (χ3v) is 7.55. The van der Waals surface area contributed by atoms with Gasteiger partial charge in [0, 0.05) is 24.7 Å². The highest BCUT2D eigenvalue weighted by Gasteiger charge is 2.29. The molecular weight excluding hydrogens is 432 g/mol. The molecule has 1 aromatic carbocycles. The van der Waals surface area contributed by atoms with Crippen molar-refractivity contribution >= 4 is 15.7 Å². The van der Waals surface area contributed by atoms with Gasteiger partial charge >= 0.3 is 11.8 Å². The lowest BCUT2D eigenvalue weighted by molar-refractivity contribution is 0.0752. The summed E-state index contributed by atoms with van der Waals surface area (Å²) in [6.07, 6.45) is 2.31. The number of rotatable bonds is 5. The molecule has 168 valence electrons. The summed E-state index contributed by atoms with van der Waals surface area (Å²) in [6, 6.07) is 6.41. The molecule has 1 unspecified atom stereocenters. The molecule has 10 nitrogen and oxygen atoms in total. The normalized spacial score (nSPS) is 16.7. The van der Waals surface area contributed by atoms with Gasteiger partial charge in [-0.2, -0.15) is 0 Å². The van der Waals surface area contributed by atoms with E-state index in [0.29, 0.717) is 35.7 Å². The Hall–Kier alpha value is -3.18. The zero-order chi connectivity index (χ0) is 23.0. The summed E-state index contributed by atoms with van der Waals surface area (Å²) >= 11 is 0. The minimum atomic E-state index is -3.36. The standard InChI is InChI=1S/C21H24N6O4S/c1-12(2)32(29,30)16-6-4-14(5-7-16)17-10-23-13(3)18(24-17)19-25-26-20(31-19)21(28)27-9-8-15(22)11-27/h4-7,10,12,15H,8-9,11,22H2,1-3H3. The van der Waals surface area contributed by atoms with Gasteiger partial charge in [0.1, 0.15) is 5.69 Å². The second kappa shape index (κ2) is 8.40. The molecule has 0 bridgehead atoms. The molecule has 3 heterocycles. The molecule has 1 aliphatic heterocycles. The van der Waals surface area contributed by atoms with Gasteiger partial charge in [-0.3, -0.25) is 9.78 Å². The monoisotopic (exact) mass is 456 g/mol. The Morgan fingerprint density at radius 2 is 1.94 bits per heavy atom. The highest BCUT2D eigenvalue weighted by molar-refractivity contribution is 7.92. The third-order valence-electron chi connectivity index (χ3n) is 5.38. The van der Waals surface area contributed by atoms with Crippen molar-refractivity contribution in [2.45, 2.75) is 43.4 Å². The van der Waals surface area contributed by atoms with Gasteiger partial charge < -0.3 is 15.1 Å². The smallest absolute Gasteiger partial charge is 0.311 e. The lowest BCUT2D eigenvalue weighted by Gasteiger charge is -2.12. The van der Waals surface area contributed by atoms with Crippen LogP contribution in [-0.2, 0) is 9.84 Å². The number of carbonyl (C=O) groups excluding carboxylic acids is 1. The number of amides is 1. The van der Waals surface area contributed by atoms with Crippen LogP contribution < -0.4 is 5.73 Å². The number of benzene rings is 1. The van der Waals surface area contributed by atoms with Crippen LogP contribution in [0.5, 0.6) is 0 Å². The van der Waals surface area contributed by atoms with Gasteiger partial charge in [0.05, 0.1) is 27.7 Å². The van der Waals surface area contributed by atoms with Crippen LogP contribution in [0.15, 0.2) is 39.8 Å². The molecular formula is C21H24N6O4S. The predicted octanol–water partition coefficient (Wildman–Crippen LogP) is 1.86. The fourth-order valence-corrected chi connectivity index (χ4v) is 4.45. The Labute approximate surface area is 185 Å². The van der Waals surface area contributed by atoms with Crippen molar-refractivity contribution in [3.05, 3.63) is 42.0 Å². The Bertz CT molecular complexity index is 1250. The minimum absolute atomic E-state index is 0.0481. The minimum Gasteiger partial charge on any atom is -0.411 e. The van der Waals surface area contributed by atoms with Crippen LogP contribution in [0.2, 0.25) is 0 Å². The maximum Gasteiger partial charge on any atom is 0.311 e. The van der Waals surface area contributed by atoms with Gasteiger partial charge in [0.25, 0.3) is 5.89 Å². The van der Waals surface area contributed by atoms with E-state index in [4.69, 9.17) is 10.2 Å². The van der Waals surface area contributed by atoms with Gasteiger partial charge in [0.15, 0.2) is 9.84 Å². The van der Waals surface area contributed by atoms with Crippen LogP contribution in [0.4, 0.5) is 0 Å². The Morgan fingerprint density at radius 3 is 2.56 bits per heavy atom. The predicted molar refractivity (Wildman–Crippen MR) is 116 cm³/mol. The van der Waals surface area contributed by atoms with Crippen LogP contribution in [-0.4, -0.2) is 63.8 Å². The lowest BCUT2D eigenvalue weighted by atomic mass is 10.1. The van der Waals surface area contributed by atoms with Crippen molar-refractivity contribution in [2.75, 3.05) is 13.1 Å². The van der Waals surface area contributed by atoms with E-state index in [-0.39, 0.29) is 28.6 Å². The van der Waals surface area contributed by atoms with Crippen LogP contribution in [0.1, 0.15) is 36.6 Å². The first-order valence-corrected chi connectivity index (χ1v) is 11.8. The number of hydrogen-bond acceptors (Lipinski definition) is 9. The van der Waals surface area contributed by atoms with Crippen LogP contribution in [0.3, 0.4) is 0 Å². The zero-order valence-electron chi connectivity index (χ0n) is 18.0. The van der Waals surface area contributed by atoms with Crippen molar-refractivity contribution < 1.29 is 17.6 Å². The Kier molecular flexibility index (Phi) is 5.78. The maximum absolute atomic E-state index is 12.6. The Morgan fingerprint density at radius 1 is 1.22 bits per heavy atom. The molecule has 1 saturated heterocycles. The van der Waals surface area contributed by atoms with E-state index in [1.54, 1.807) is 56.1 Å². The van der Waals surface area contributed by atoms with Crippen molar-refractivity contribution in [3.8, 4) is 22.8 Å². The molecule has 2 aromatic heterocycles. The second-order valence-electron chi connectivity index (χ2n) is 8.02. The zero-order valence-corrected chi connectivity index (χ0v) is 18.8. The highest BCUT2D eigenvalue weighted by atomic mass is 32.2. The fourth-order valence-electron chi connectivity index (χ4n) is 3.39. The number of aryl methyl sites for hydroxylation is 1. The quantitative estimate of drug-likeness (QED) is 0.608. The number of sulfone groups is 1. The third kappa shape index (κ3) is 4.13. The van der Waals surface area contributed by atoms with Crippen LogP contribution >= 0.6 is 0 Å². The first kappa shape index (κ1) is 22.0. The summed E-state index contributed by atoms with van der Waals surface area (Å²) in [6.45, 7) is 6.03. The van der Waals surface area contributed by atoms with Gasteiger partial charge in [-0.05, 0) is 39.3 Å². The van der Waals surface area contributed by atoms with E-state index >= 15 is 0 Å². The van der Waals surface area contributed by atoms with E-state index in [9.17, 15) is 13.2 Å². The van der Waals surface area contributed by atoms with Crippen LogP contribution in [0.25, 0.3) is 22.8 Å². The molecule has 0 saturated carbocycles. The van der Waals surface area contributed by atoms with Gasteiger partial charge in [-0.25, -0.2) is 13.4 Å². The van der Waals surface area contributed by atoms with Gasteiger partial charge in [-0.15, -0.1) is 10.2 Å². The largest absolute Gasteiger partial charge is 0.411 e. The molecule has 1 aliphatic rings. The molecule has 0 spiro atoms. The van der Waals surface area contributed by atoms with E-state index < -0.39 is 15.1 Å². The lowest BCUT2D eigenvalue weighted by Crippen LogP contribution is -2.32. The van der Waals surface area contributed by atoms with E-state index in [2.05, 4.69) is 20.2 Å². The summed E-state index contributed by atoms with van der Waals surface area (Å²) < 4.78 is 30.3. The molecule has 3 aromatic rings. The second-order valence-corrected chi connectivity index (χ2v) is 10.5. The molecule has 0 aliphatic carbocycles. The van der Waals surface area contributed by atoms with Crippen LogP contribution in [0, 0.1) is 6.92 Å². The molecule has 4 rings (SSSR count). The number of nitrogens with two attached hydrogens (primary N) is 1. The summed E-state index contributed by atoms with van der Waals surface area (Å²) in [5.74, 6) is -0.396. The summed E-state index contributed by atoms with van der Waals surface area (Å²) in [5, 5.41) is 7.35. The van der Waals surface area contributed by atoms with E-state index in [0.717, 1.165) is 6.42 Å². The molecule has 32 heavy (non-hydrogen) atoms. The summed E-state index contributed by atoms with van der Waals surface area (Å²) in [4.78, 5) is 23.3. The molecule has 2 N–H and O–H groups in total. The number of nitrogens with zero attached hydrogens (tertiary/aromatic N) is 5. The van der Waals surface area contributed by atoms with Crippen molar-refractivity contribution in [1.29, 1.82) is 0 Å². The summed E-state index contributed by atoms with van der Waals surface area (Å²) in [5.41, 5.74) is 7.97. The molecule has 1 atom stereocenters. The fraction of sp³-hybridized carbons (Fsp3) is 0.381. The number of aromatic nitrogens is 4. The Balaban J connectivity index is 1.61. The van der Waals surface area contributed by atoms with Crippen molar-refractivity contribution in [1.82, 2.24) is 25.1 Å². The summed E-state index contributed by atoms with van der Waals surface area (Å²) in [7, 11) is -3.36. The maximum atomic E-state index is 12.6. The molecule has 1 amide bonds. The topological polar surface area (TPSA) is 145 Å². The molecule has 11 heteroatoms. The van der Waals surface area contributed by atoms with E-state index in [1.807, 2.05) is 0 Å². The first-order valence-electron chi connectivity index (χ1n) is 10.2. The number of likely N-dealkylation sites (tertiary alicyclic amines) is 1. The highest BCUT2D eigenvalue weighted by Crippen LogP contribution is 2.26. The average molecular weight is 457 g/mol. The number of hydrogen-bond donors (Lipinski definition) is 1. The van der Waals surface area contributed by atoms with E-state index in [1.165, 1.54) is 0 Å². The molecule has 0 radical (unpaired) electrons. The number of carbonyl (C=O) groups is 1. The first-order chi connectivity index (χ1) is 15.2.